The van der Waals surface area contributed by atoms with Gasteiger partial charge in [0.2, 0.25) is 0 Å². The Hall–Kier alpha value is -3.12. The molecule has 0 radical (unpaired) electrons. The fraction of sp³-hybridized carbons (Fsp3) is 0.273. The van der Waals surface area contributed by atoms with Crippen molar-refractivity contribution in [3.8, 4) is 0 Å². The van der Waals surface area contributed by atoms with Crippen LogP contribution in [0.3, 0.4) is 0 Å². The Balaban J connectivity index is 1.36. The summed E-state index contributed by atoms with van der Waals surface area (Å²) in [6.45, 7) is 1.27. The predicted octanol–water partition coefficient (Wildman–Crippen LogP) is 4.02. The third-order valence-electron chi connectivity index (χ3n) is 5.32. The lowest BCUT2D eigenvalue weighted by Gasteiger charge is -2.43. The molecule has 2 bridgehead atoms. The maximum Gasteiger partial charge on any atom is 0.411 e. The van der Waals surface area contributed by atoms with Gasteiger partial charge in [-0.2, -0.15) is 0 Å². The van der Waals surface area contributed by atoms with E-state index in [0.29, 0.717) is 13.2 Å². The Morgan fingerprint density at radius 2 is 2.07 bits per heavy atom. The molecule has 0 N–H and O–H groups in total. The van der Waals surface area contributed by atoms with E-state index in [9.17, 15) is 4.79 Å². The molecule has 1 saturated heterocycles. The monoisotopic (exact) mass is 376 g/mol. The Morgan fingerprint density at radius 3 is 2.93 bits per heavy atom. The molecule has 0 saturated carbocycles. The molecular formula is C22H20N2O4. The van der Waals surface area contributed by atoms with Gasteiger partial charge in [0.05, 0.1) is 25.3 Å². The fourth-order valence-corrected chi connectivity index (χ4v) is 3.95. The lowest BCUT2D eigenvalue weighted by Crippen LogP contribution is -2.56. The molecule has 2 aliphatic rings. The summed E-state index contributed by atoms with van der Waals surface area (Å²) in [4.78, 5) is 18.8. The van der Waals surface area contributed by atoms with Gasteiger partial charge < -0.3 is 13.9 Å². The summed E-state index contributed by atoms with van der Waals surface area (Å²) >= 11 is 0. The van der Waals surface area contributed by atoms with E-state index in [-0.39, 0.29) is 24.8 Å². The standard InChI is InChI=1S/C22H20N2O4/c25-22(27-11-15-4-2-1-3-5-15)24-18-8-17(9-19(24)13-26-12-18)16-6-7-21-20(10-16)23-14-28-21/h1-8,10,14,18-19H,9,11-13H2. The normalized spacial score (nSPS) is 21.4. The van der Waals surface area contributed by atoms with Crippen LogP contribution in [0.4, 0.5) is 4.79 Å². The average Bonchev–Trinajstić information content (AvgIpc) is 3.19. The maximum atomic E-state index is 12.8. The SMILES string of the molecule is O=C(OCc1ccccc1)N1C2C=C(c3ccc4ocnc4c3)CC1COC2. The first-order valence-electron chi connectivity index (χ1n) is 9.39. The largest absolute Gasteiger partial charge is 0.445 e. The molecule has 6 nitrogen and oxygen atoms in total. The lowest BCUT2D eigenvalue weighted by atomic mass is 9.90. The number of oxazole rings is 1. The number of hydrogen-bond donors (Lipinski definition) is 0. The number of amides is 1. The van der Waals surface area contributed by atoms with Crippen LogP contribution < -0.4 is 0 Å². The Labute approximate surface area is 162 Å². The van der Waals surface area contributed by atoms with Gasteiger partial charge in [0, 0.05) is 0 Å². The van der Waals surface area contributed by atoms with Crippen molar-refractivity contribution < 1.29 is 18.7 Å². The summed E-state index contributed by atoms with van der Waals surface area (Å²) in [5.41, 5.74) is 4.90. The number of fused-ring (bicyclic) bond motifs is 3. The third kappa shape index (κ3) is 3.16. The smallest absolute Gasteiger partial charge is 0.411 e. The van der Waals surface area contributed by atoms with Gasteiger partial charge in [0.15, 0.2) is 12.0 Å². The number of carbonyl (C=O) groups excluding carboxylic acids is 1. The van der Waals surface area contributed by atoms with Crippen molar-refractivity contribution in [1.82, 2.24) is 9.88 Å². The van der Waals surface area contributed by atoms with Crippen molar-refractivity contribution >= 4 is 22.8 Å². The van der Waals surface area contributed by atoms with Gasteiger partial charge in [-0.3, -0.25) is 4.90 Å². The van der Waals surface area contributed by atoms with E-state index in [1.165, 1.54) is 12.0 Å². The van der Waals surface area contributed by atoms with E-state index < -0.39 is 0 Å². The Morgan fingerprint density at radius 1 is 1.18 bits per heavy atom. The molecule has 3 heterocycles. The van der Waals surface area contributed by atoms with E-state index in [0.717, 1.165) is 28.6 Å². The average molecular weight is 376 g/mol. The van der Waals surface area contributed by atoms with Crippen LogP contribution in [0.2, 0.25) is 0 Å². The topological polar surface area (TPSA) is 64.8 Å². The predicted molar refractivity (Wildman–Crippen MR) is 103 cm³/mol. The first-order valence-corrected chi connectivity index (χ1v) is 9.39. The van der Waals surface area contributed by atoms with Crippen molar-refractivity contribution in [2.45, 2.75) is 25.1 Å². The minimum atomic E-state index is -0.288. The number of benzene rings is 2. The van der Waals surface area contributed by atoms with Gasteiger partial charge in [-0.1, -0.05) is 42.5 Å². The summed E-state index contributed by atoms with van der Waals surface area (Å²) in [6.07, 6.45) is 4.00. The molecule has 1 aromatic heterocycles. The minimum absolute atomic E-state index is 0.0324. The van der Waals surface area contributed by atoms with Gasteiger partial charge in [-0.05, 0) is 35.3 Å². The first-order chi connectivity index (χ1) is 13.8. The Kier molecular flexibility index (Phi) is 4.33. The lowest BCUT2D eigenvalue weighted by molar-refractivity contribution is -0.0342. The molecular weight excluding hydrogens is 356 g/mol. The number of aromatic nitrogens is 1. The summed E-state index contributed by atoms with van der Waals surface area (Å²) in [5, 5.41) is 0. The highest BCUT2D eigenvalue weighted by atomic mass is 16.6. The summed E-state index contributed by atoms with van der Waals surface area (Å²) in [7, 11) is 0. The molecule has 0 aliphatic carbocycles. The molecule has 2 unspecified atom stereocenters. The van der Waals surface area contributed by atoms with E-state index >= 15 is 0 Å². The quantitative estimate of drug-likeness (QED) is 0.691. The second kappa shape index (κ2) is 7.13. The van der Waals surface area contributed by atoms with Gasteiger partial charge >= 0.3 is 6.09 Å². The number of ether oxygens (including phenoxy) is 2. The number of hydrogen-bond acceptors (Lipinski definition) is 5. The molecule has 2 aliphatic heterocycles. The zero-order chi connectivity index (χ0) is 18.9. The highest BCUT2D eigenvalue weighted by Crippen LogP contribution is 2.34. The maximum absolute atomic E-state index is 12.8. The highest BCUT2D eigenvalue weighted by molar-refractivity contribution is 5.81. The van der Waals surface area contributed by atoms with Crippen LogP contribution in [0.5, 0.6) is 0 Å². The van der Waals surface area contributed by atoms with E-state index in [1.807, 2.05) is 53.4 Å². The highest BCUT2D eigenvalue weighted by Gasteiger charge is 2.39. The van der Waals surface area contributed by atoms with Crippen LogP contribution in [0, 0.1) is 0 Å². The molecule has 3 aromatic rings. The molecule has 28 heavy (non-hydrogen) atoms. The second-order valence-corrected chi connectivity index (χ2v) is 7.14. The van der Waals surface area contributed by atoms with Crippen molar-refractivity contribution in [1.29, 1.82) is 0 Å². The molecule has 1 amide bonds. The van der Waals surface area contributed by atoms with Gasteiger partial charge in [0.25, 0.3) is 0 Å². The van der Waals surface area contributed by atoms with E-state index in [4.69, 9.17) is 13.9 Å². The van der Waals surface area contributed by atoms with Crippen LogP contribution in [0.25, 0.3) is 16.7 Å². The number of rotatable bonds is 3. The van der Waals surface area contributed by atoms with Gasteiger partial charge in [-0.25, -0.2) is 9.78 Å². The van der Waals surface area contributed by atoms with Crippen molar-refractivity contribution in [3.63, 3.8) is 0 Å². The molecule has 142 valence electrons. The van der Waals surface area contributed by atoms with Crippen LogP contribution in [0.1, 0.15) is 17.5 Å². The molecule has 0 spiro atoms. The molecule has 2 aromatic carbocycles. The molecule has 2 atom stereocenters. The van der Waals surface area contributed by atoms with Gasteiger partial charge in [-0.15, -0.1) is 0 Å². The number of morpholine rings is 1. The molecule has 6 heteroatoms. The number of nitrogens with zero attached hydrogens (tertiary/aromatic N) is 2. The Bertz CT molecular complexity index is 1030. The third-order valence-corrected chi connectivity index (χ3v) is 5.32. The zero-order valence-electron chi connectivity index (χ0n) is 15.3. The number of carbonyl (C=O) groups is 1. The van der Waals surface area contributed by atoms with E-state index in [1.54, 1.807) is 0 Å². The molecule has 1 fully saturated rings. The van der Waals surface area contributed by atoms with Gasteiger partial charge in [0.1, 0.15) is 12.1 Å². The second-order valence-electron chi connectivity index (χ2n) is 7.14. The van der Waals surface area contributed by atoms with Crippen LogP contribution in [-0.2, 0) is 16.1 Å². The summed E-state index contributed by atoms with van der Waals surface area (Å²) in [6, 6.07) is 15.6. The zero-order valence-corrected chi connectivity index (χ0v) is 15.3. The first kappa shape index (κ1) is 17.0. The summed E-state index contributed by atoms with van der Waals surface area (Å²) in [5.74, 6) is 0. The fourth-order valence-electron chi connectivity index (χ4n) is 3.95. The minimum Gasteiger partial charge on any atom is -0.445 e. The van der Waals surface area contributed by atoms with Crippen LogP contribution in [-0.4, -0.2) is 41.3 Å². The molecule has 5 rings (SSSR count). The van der Waals surface area contributed by atoms with E-state index in [2.05, 4.69) is 11.1 Å². The van der Waals surface area contributed by atoms with Crippen molar-refractivity contribution in [3.05, 3.63) is 72.1 Å². The van der Waals surface area contributed by atoms with Crippen molar-refractivity contribution in [2.24, 2.45) is 0 Å². The van der Waals surface area contributed by atoms with Crippen LogP contribution >= 0.6 is 0 Å². The van der Waals surface area contributed by atoms with Crippen LogP contribution in [0.15, 0.2) is 65.4 Å². The van der Waals surface area contributed by atoms with Crippen molar-refractivity contribution in [2.75, 3.05) is 13.2 Å². The summed E-state index contributed by atoms with van der Waals surface area (Å²) < 4.78 is 16.6.